The molecule has 23 heavy (non-hydrogen) atoms. The molecule has 0 aromatic carbocycles. The van der Waals surface area contributed by atoms with Gasteiger partial charge in [0.15, 0.2) is 0 Å². The number of aliphatic hydroxyl groups excluding tert-OH is 1. The third-order valence-electron chi connectivity index (χ3n) is 3.98. The number of urea groups is 1. The van der Waals surface area contributed by atoms with Gasteiger partial charge in [-0.05, 0) is 18.8 Å². The van der Waals surface area contributed by atoms with Crippen LogP contribution in [0.1, 0.15) is 29.7 Å². The molecule has 2 heterocycles. The summed E-state index contributed by atoms with van der Waals surface area (Å²) < 4.78 is 1.94. The van der Waals surface area contributed by atoms with E-state index in [2.05, 4.69) is 15.3 Å². The van der Waals surface area contributed by atoms with E-state index in [1.54, 1.807) is 17.3 Å². The number of imidazole rings is 1. The molecule has 0 spiro atoms. The minimum Gasteiger partial charge on any atom is -0.395 e. The van der Waals surface area contributed by atoms with E-state index >= 15 is 0 Å². The van der Waals surface area contributed by atoms with Gasteiger partial charge in [-0.25, -0.2) is 14.8 Å². The highest BCUT2D eigenvalue weighted by Gasteiger charge is 2.36. The predicted molar refractivity (Wildman–Crippen MR) is 86.8 cm³/mol. The van der Waals surface area contributed by atoms with Gasteiger partial charge in [-0.3, -0.25) is 0 Å². The molecule has 7 nitrogen and oxygen atoms in total. The molecular formula is C15H21N5O2S. The number of carbonyl (C=O) groups excluding carboxylic acids is 1. The monoisotopic (exact) mass is 335 g/mol. The highest BCUT2D eigenvalue weighted by molar-refractivity contribution is 7.09. The fraction of sp³-hybridized carbons (Fsp3) is 0.533. The quantitative estimate of drug-likeness (QED) is 0.804. The lowest BCUT2D eigenvalue weighted by molar-refractivity contribution is 0.169. The standard InChI is InChI=1S/C15H21N5O2S/c1-19-6-4-17-14(19)13(11-2-3-11)18-15(22)20(7-8-21)10-12-16-5-9-23-12/h4-6,9,11,13,21H,2-3,7-8,10H2,1H3,(H,18,22)/t13-/m0/s1. The lowest BCUT2D eigenvalue weighted by atomic mass is 10.1. The summed E-state index contributed by atoms with van der Waals surface area (Å²) in [6.45, 7) is 0.612. The third-order valence-corrected chi connectivity index (χ3v) is 4.74. The summed E-state index contributed by atoms with van der Waals surface area (Å²) in [5, 5.41) is 15.1. The van der Waals surface area contributed by atoms with E-state index < -0.39 is 0 Å². The summed E-state index contributed by atoms with van der Waals surface area (Å²) in [6.07, 6.45) is 7.56. The summed E-state index contributed by atoms with van der Waals surface area (Å²) in [7, 11) is 1.94. The van der Waals surface area contributed by atoms with Crippen molar-refractivity contribution in [3.8, 4) is 0 Å². The Morgan fingerprint density at radius 2 is 2.35 bits per heavy atom. The van der Waals surface area contributed by atoms with E-state index in [-0.39, 0.29) is 25.2 Å². The number of aliphatic hydroxyl groups is 1. The van der Waals surface area contributed by atoms with Crippen molar-refractivity contribution in [2.24, 2.45) is 13.0 Å². The molecule has 2 N–H and O–H groups in total. The first-order valence-electron chi connectivity index (χ1n) is 7.71. The molecule has 124 valence electrons. The van der Waals surface area contributed by atoms with Gasteiger partial charge < -0.3 is 19.9 Å². The average Bonchev–Trinajstić information content (AvgIpc) is 3.08. The van der Waals surface area contributed by atoms with Gasteiger partial charge in [-0.1, -0.05) is 0 Å². The lowest BCUT2D eigenvalue weighted by Crippen LogP contribution is -2.43. The fourth-order valence-electron chi connectivity index (χ4n) is 2.59. The van der Waals surface area contributed by atoms with Gasteiger partial charge in [0, 0.05) is 37.6 Å². The van der Waals surface area contributed by atoms with Gasteiger partial charge >= 0.3 is 6.03 Å². The number of hydrogen-bond acceptors (Lipinski definition) is 5. The number of aryl methyl sites for hydroxylation is 1. The van der Waals surface area contributed by atoms with Gasteiger partial charge in [0.1, 0.15) is 10.8 Å². The summed E-state index contributed by atoms with van der Waals surface area (Å²) in [5.41, 5.74) is 0. The Labute approximate surface area is 139 Å². The van der Waals surface area contributed by atoms with Crippen molar-refractivity contribution in [3.05, 3.63) is 34.8 Å². The average molecular weight is 335 g/mol. The molecule has 1 aliphatic carbocycles. The van der Waals surface area contributed by atoms with Crippen molar-refractivity contribution in [1.82, 2.24) is 24.8 Å². The van der Waals surface area contributed by atoms with Crippen LogP contribution in [0.2, 0.25) is 0 Å². The summed E-state index contributed by atoms with van der Waals surface area (Å²) in [5.74, 6) is 1.31. The number of carbonyl (C=O) groups is 1. The molecule has 0 bridgehead atoms. The van der Waals surface area contributed by atoms with Gasteiger partial charge in [-0.2, -0.15) is 0 Å². The van der Waals surface area contributed by atoms with Crippen molar-refractivity contribution < 1.29 is 9.90 Å². The van der Waals surface area contributed by atoms with Gasteiger partial charge in [0.2, 0.25) is 0 Å². The zero-order valence-electron chi connectivity index (χ0n) is 13.1. The Hall–Kier alpha value is -1.93. The van der Waals surface area contributed by atoms with Crippen molar-refractivity contribution in [2.45, 2.75) is 25.4 Å². The number of thiazole rings is 1. The Morgan fingerprint density at radius 3 is 2.91 bits per heavy atom. The second-order valence-corrected chi connectivity index (χ2v) is 6.71. The van der Waals surface area contributed by atoms with Gasteiger partial charge in [0.25, 0.3) is 0 Å². The third kappa shape index (κ3) is 3.89. The minimum atomic E-state index is -0.186. The molecule has 0 saturated heterocycles. The number of aromatic nitrogens is 3. The molecule has 2 amide bonds. The van der Waals surface area contributed by atoms with Gasteiger partial charge in [0.05, 0.1) is 19.2 Å². The van der Waals surface area contributed by atoms with Crippen LogP contribution in [0.4, 0.5) is 4.79 Å². The molecule has 0 aliphatic heterocycles. The Bertz CT molecular complexity index is 638. The Kier molecular flexibility index (Phi) is 4.92. The molecule has 1 aliphatic rings. The molecule has 2 aromatic rings. The van der Waals surface area contributed by atoms with Crippen LogP contribution >= 0.6 is 11.3 Å². The van der Waals surface area contributed by atoms with Crippen LogP contribution in [-0.2, 0) is 13.6 Å². The zero-order valence-corrected chi connectivity index (χ0v) is 13.9. The molecule has 0 unspecified atom stereocenters. The Morgan fingerprint density at radius 1 is 1.52 bits per heavy atom. The second-order valence-electron chi connectivity index (χ2n) is 5.73. The van der Waals surface area contributed by atoms with E-state index in [9.17, 15) is 9.90 Å². The maximum Gasteiger partial charge on any atom is 0.318 e. The predicted octanol–water partition coefficient (Wildman–Crippen LogP) is 1.53. The first-order valence-corrected chi connectivity index (χ1v) is 8.59. The summed E-state index contributed by atoms with van der Waals surface area (Å²) >= 11 is 1.50. The van der Waals surface area contributed by atoms with Crippen molar-refractivity contribution in [2.75, 3.05) is 13.2 Å². The van der Waals surface area contributed by atoms with Crippen LogP contribution in [0.3, 0.4) is 0 Å². The first-order chi connectivity index (χ1) is 11.2. The molecule has 1 fully saturated rings. The molecule has 3 rings (SSSR count). The van der Waals surface area contributed by atoms with E-state index in [1.807, 2.05) is 23.2 Å². The summed E-state index contributed by atoms with van der Waals surface area (Å²) in [6, 6.07) is -0.269. The smallest absolute Gasteiger partial charge is 0.318 e. The highest BCUT2D eigenvalue weighted by atomic mass is 32.1. The van der Waals surface area contributed by atoms with Crippen molar-refractivity contribution >= 4 is 17.4 Å². The lowest BCUT2D eigenvalue weighted by Gasteiger charge is -2.25. The van der Waals surface area contributed by atoms with Crippen LogP contribution in [0.15, 0.2) is 24.0 Å². The fourth-order valence-corrected chi connectivity index (χ4v) is 3.22. The molecular weight excluding hydrogens is 314 g/mol. The van der Waals surface area contributed by atoms with Crippen LogP contribution in [0, 0.1) is 5.92 Å². The summed E-state index contributed by atoms with van der Waals surface area (Å²) in [4.78, 5) is 22.8. The molecule has 8 heteroatoms. The largest absolute Gasteiger partial charge is 0.395 e. The number of rotatable bonds is 7. The SMILES string of the molecule is Cn1ccnc1[C@@H](NC(=O)N(CCO)Cc1nccs1)C1CC1. The van der Waals surface area contributed by atoms with Crippen LogP contribution in [0.5, 0.6) is 0 Å². The molecule has 0 radical (unpaired) electrons. The molecule has 1 saturated carbocycles. The number of hydrogen-bond donors (Lipinski definition) is 2. The Balaban J connectivity index is 1.70. The van der Waals surface area contributed by atoms with Crippen molar-refractivity contribution in [3.63, 3.8) is 0 Å². The topological polar surface area (TPSA) is 83.3 Å². The maximum absolute atomic E-state index is 12.7. The van der Waals surface area contributed by atoms with E-state index in [0.29, 0.717) is 12.5 Å². The van der Waals surface area contributed by atoms with E-state index in [4.69, 9.17) is 0 Å². The number of amides is 2. The highest BCUT2D eigenvalue weighted by Crippen LogP contribution is 2.40. The van der Waals surface area contributed by atoms with E-state index in [1.165, 1.54) is 11.3 Å². The minimum absolute atomic E-state index is 0.0741. The molecule has 1 atom stereocenters. The van der Waals surface area contributed by atoms with Crippen LogP contribution in [0.25, 0.3) is 0 Å². The normalized spacial score (nSPS) is 15.4. The molecule has 2 aromatic heterocycles. The van der Waals surface area contributed by atoms with Crippen LogP contribution in [-0.4, -0.2) is 43.7 Å². The second kappa shape index (κ2) is 7.10. The van der Waals surface area contributed by atoms with E-state index in [0.717, 1.165) is 23.7 Å². The number of nitrogens with one attached hydrogen (secondary N) is 1. The van der Waals surface area contributed by atoms with Crippen molar-refractivity contribution in [1.29, 1.82) is 0 Å². The van der Waals surface area contributed by atoms with Crippen LogP contribution < -0.4 is 5.32 Å². The first kappa shape index (κ1) is 15.9. The number of nitrogens with zero attached hydrogens (tertiary/aromatic N) is 4. The maximum atomic E-state index is 12.7. The van der Waals surface area contributed by atoms with Gasteiger partial charge in [-0.15, -0.1) is 11.3 Å². The zero-order chi connectivity index (χ0) is 16.2.